The van der Waals surface area contributed by atoms with Gasteiger partial charge in [0.25, 0.3) is 0 Å². The van der Waals surface area contributed by atoms with E-state index in [-0.39, 0.29) is 5.24 Å². The van der Waals surface area contributed by atoms with Crippen LogP contribution in [0.4, 0.5) is 0 Å². The number of rotatable bonds is 6. The second-order valence-electron chi connectivity index (χ2n) is 3.36. The first-order chi connectivity index (χ1) is 5.50. The maximum Gasteiger partial charge on any atom is 0.237 e. The average Bonchev–Trinajstić information content (AvgIpc) is 1.98. The van der Waals surface area contributed by atoms with Crippen LogP contribution in [0.2, 0.25) is 0 Å². The van der Waals surface area contributed by atoms with Crippen LogP contribution in [0, 0.1) is 0 Å². The zero-order valence-electron chi connectivity index (χ0n) is 7.77. The van der Waals surface area contributed by atoms with Crippen LogP contribution < -0.4 is 0 Å². The summed E-state index contributed by atoms with van der Waals surface area (Å²) in [7, 11) is 0. The third kappa shape index (κ3) is 5.04. The number of thiol groups is 1. The number of hydrogen-bond donors (Lipinski definition) is 1. The van der Waals surface area contributed by atoms with Crippen LogP contribution in [0.5, 0.6) is 0 Å². The van der Waals surface area contributed by atoms with Gasteiger partial charge in [0.1, 0.15) is 0 Å². The fourth-order valence-corrected chi connectivity index (χ4v) is 1.25. The highest BCUT2D eigenvalue weighted by Gasteiger charge is 2.25. The van der Waals surface area contributed by atoms with Crippen LogP contribution in [0.25, 0.3) is 0 Å². The molecule has 0 saturated carbocycles. The lowest BCUT2D eigenvalue weighted by molar-refractivity contribution is -0.113. The van der Waals surface area contributed by atoms with Crippen molar-refractivity contribution in [2.75, 3.05) is 0 Å². The summed E-state index contributed by atoms with van der Waals surface area (Å²) >= 11 is 9.57. The van der Waals surface area contributed by atoms with Crippen molar-refractivity contribution in [2.24, 2.45) is 0 Å². The van der Waals surface area contributed by atoms with Gasteiger partial charge in [0.05, 0.1) is 4.75 Å². The van der Waals surface area contributed by atoms with Crippen LogP contribution in [0.15, 0.2) is 0 Å². The van der Waals surface area contributed by atoms with Gasteiger partial charge in [0.15, 0.2) is 0 Å². The predicted molar refractivity (Wildman–Crippen MR) is 57.0 cm³/mol. The van der Waals surface area contributed by atoms with Crippen LogP contribution in [-0.2, 0) is 4.79 Å². The van der Waals surface area contributed by atoms with Gasteiger partial charge in [0, 0.05) is 0 Å². The van der Waals surface area contributed by atoms with E-state index in [1.54, 1.807) is 6.92 Å². The van der Waals surface area contributed by atoms with Gasteiger partial charge in [-0.3, -0.25) is 4.79 Å². The van der Waals surface area contributed by atoms with Crippen molar-refractivity contribution in [1.82, 2.24) is 0 Å². The molecule has 0 aromatic rings. The Kier molecular flexibility index (Phi) is 6.02. The Balaban J connectivity index is 3.54. The van der Waals surface area contributed by atoms with Gasteiger partial charge in [-0.05, 0) is 24.9 Å². The molecule has 0 spiro atoms. The second-order valence-corrected chi connectivity index (χ2v) is 4.69. The summed E-state index contributed by atoms with van der Waals surface area (Å²) in [5, 5.41) is -0.345. The molecule has 0 aliphatic heterocycles. The summed E-state index contributed by atoms with van der Waals surface area (Å²) in [6, 6.07) is 0. The molecule has 0 aliphatic rings. The van der Waals surface area contributed by atoms with Crippen molar-refractivity contribution in [2.45, 2.75) is 50.7 Å². The van der Waals surface area contributed by atoms with Crippen molar-refractivity contribution in [1.29, 1.82) is 0 Å². The standard InChI is InChI=1S/C9H17ClOS/c1-3-4-5-6-7-9(2,12)8(10)11/h12H,3-7H2,1-2H3. The lowest BCUT2D eigenvalue weighted by Gasteiger charge is -2.17. The summed E-state index contributed by atoms with van der Waals surface area (Å²) in [5.41, 5.74) is 0. The Hall–Kier alpha value is 0.310. The molecule has 12 heavy (non-hydrogen) atoms. The Labute approximate surface area is 85.3 Å². The second kappa shape index (κ2) is 5.87. The highest BCUT2D eigenvalue weighted by molar-refractivity contribution is 7.83. The molecule has 0 N–H and O–H groups in total. The lowest BCUT2D eigenvalue weighted by atomic mass is 10.0. The van der Waals surface area contributed by atoms with E-state index < -0.39 is 4.75 Å². The SMILES string of the molecule is CCCCCCC(C)(S)C(=O)Cl. The highest BCUT2D eigenvalue weighted by atomic mass is 35.5. The maximum atomic E-state index is 10.8. The van der Waals surface area contributed by atoms with E-state index in [1.807, 2.05) is 0 Å². The number of carbonyl (C=O) groups is 1. The van der Waals surface area contributed by atoms with Gasteiger partial charge in [-0.15, -0.1) is 0 Å². The van der Waals surface area contributed by atoms with Gasteiger partial charge in [-0.1, -0.05) is 32.6 Å². The smallest absolute Gasteiger partial charge is 0.237 e. The first-order valence-corrected chi connectivity index (χ1v) is 5.25. The largest absolute Gasteiger partial charge is 0.280 e. The third-order valence-electron chi connectivity index (χ3n) is 1.94. The topological polar surface area (TPSA) is 17.1 Å². The highest BCUT2D eigenvalue weighted by Crippen LogP contribution is 2.24. The van der Waals surface area contributed by atoms with E-state index in [2.05, 4.69) is 19.6 Å². The molecule has 0 radical (unpaired) electrons. The van der Waals surface area contributed by atoms with E-state index in [4.69, 9.17) is 11.6 Å². The summed E-state index contributed by atoms with van der Waals surface area (Å²) in [5.74, 6) is 0. The molecule has 1 unspecified atom stereocenters. The average molecular weight is 209 g/mol. The first kappa shape index (κ1) is 12.3. The van der Waals surface area contributed by atoms with Crippen molar-refractivity contribution in [3.63, 3.8) is 0 Å². The molecule has 0 bridgehead atoms. The summed E-state index contributed by atoms with van der Waals surface area (Å²) in [4.78, 5) is 10.8. The lowest BCUT2D eigenvalue weighted by Crippen LogP contribution is -2.24. The van der Waals surface area contributed by atoms with Crippen molar-refractivity contribution >= 4 is 29.5 Å². The summed E-state index contributed by atoms with van der Waals surface area (Å²) in [6.07, 6.45) is 5.40. The van der Waals surface area contributed by atoms with Gasteiger partial charge in [0.2, 0.25) is 5.24 Å². The Morgan fingerprint density at radius 1 is 1.42 bits per heavy atom. The first-order valence-electron chi connectivity index (χ1n) is 4.43. The van der Waals surface area contributed by atoms with Crippen LogP contribution in [0.1, 0.15) is 46.0 Å². The minimum absolute atomic E-state index is 0.345. The van der Waals surface area contributed by atoms with Crippen molar-refractivity contribution < 1.29 is 4.79 Å². The van der Waals surface area contributed by atoms with Gasteiger partial charge >= 0.3 is 0 Å². The number of halogens is 1. The van der Waals surface area contributed by atoms with Crippen LogP contribution >= 0.6 is 24.2 Å². The van der Waals surface area contributed by atoms with Gasteiger partial charge in [-0.2, -0.15) is 12.6 Å². The molecule has 0 aromatic carbocycles. The van der Waals surface area contributed by atoms with Crippen LogP contribution in [0.3, 0.4) is 0 Å². The molecule has 0 saturated heterocycles. The number of hydrogen-bond acceptors (Lipinski definition) is 2. The molecule has 0 heterocycles. The zero-order valence-corrected chi connectivity index (χ0v) is 9.42. The Morgan fingerprint density at radius 2 is 2.00 bits per heavy atom. The van der Waals surface area contributed by atoms with E-state index in [9.17, 15) is 4.79 Å². The quantitative estimate of drug-likeness (QED) is 0.402. The molecule has 3 heteroatoms. The molecule has 0 aromatic heterocycles. The van der Waals surface area contributed by atoms with E-state index >= 15 is 0 Å². The van der Waals surface area contributed by atoms with Gasteiger partial charge in [-0.25, -0.2) is 0 Å². The summed E-state index contributed by atoms with van der Waals surface area (Å²) < 4.78 is -0.630. The zero-order chi connectivity index (χ0) is 9.61. The molecule has 0 fully saturated rings. The van der Waals surface area contributed by atoms with E-state index in [0.717, 1.165) is 19.3 Å². The number of unbranched alkanes of at least 4 members (excludes halogenated alkanes) is 3. The molecule has 72 valence electrons. The van der Waals surface area contributed by atoms with E-state index in [0.29, 0.717) is 0 Å². The van der Waals surface area contributed by atoms with Crippen molar-refractivity contribution in [3.8, 4) is 0 Å². The fourth-order valence-electron chi connectivity index (χ4n) is 0.994. The van der Waals surface area contributed by atoms with Gasteiger partial charge < -0.3 is 0 Å². The normalized spacial score (nSPS) is 15.7. The molecular formula is C9H17ClOS. The Bertz CT molecular complexity index is 145. The molecule has 1 atom stereocenters. The molecule has 0 amide bonds. The monoisotopic (exact) mass is 208 g/mol. The minimum atomic E-state index is -0.630. The van der Waals surface area contributed by atoms with Crippen LogP contribution in [-0.4, -0.2) is 9.99 Å². The minimum Gasteiger partial charge on any atom is -0.280 e. The fraction of sp³-hybridized carbons (Fsp3) is 0.889. The molecule has 1 nitrogen and oxygen atoms in total. The molecule has 0 aliphatic carbocycles. The Morgan fingerprint density at radius 3 is 2.42 bits per heavy atom. The number of carbonyl (C=O) groups excluding carboxylic acids is 1. The predicted octanol–water partition coefficient (Wildman–Crippen LogP) is 3.41. The summed E-state index contributed by atoms with van der Waals surface area (Å²) in [6.45, 7) is 3.93. The molecular weight excluding hydrogens is 192 g/mol. The maximum absolute atomic E-state index is 10.8. The third-order valence-corrected chi connectivity index (χ3v) is 2.92. The van der Waals surface area contributed by atoms with E-state index in [1.165, 1.54) is 12.8 Å². The van der Waals surface area contributed by atoms with Crippen molar-refractivity contribution in [3.05, 3.63) is 0 Å². The molecule has 0 rings (SSSR count).